The van der Waals surface area contributed by atoms with Crippen molar-refractivity contribution in [1.29, 1.82) is 0 Å². The molecular formula is C19H25N5O4S. The molecule has 0 bridgehead atoms. The van der Waals surface area contributed by atoms with Gasteiger partial charge in [0.2, 0.25) is 15.9 Å². The number of rotatable bonds is 5. The Morgan fingerprint density at radius 3 is 2.28 bits per heavy atom. The largest absolute Gasteiger partial charge is 0.412 e. The maximum atomic E-state index is 12.6. The van der Waals surface area contributed by atoms with E-state index in [0.29, 0.717) is 31.7 Å². The van der Waals surface area contributed by atoms with Crippen molar-refractivity contribution in [1.82, 2.24) is 24.3 Å². The molecule has 2 fully saturated rings. The number of piperazine rings is 1. The summed E-state index contributed by atoms with van der Waals surface area (Å²) < 4.78 is 32.3. The van der Waals surface area contributed by atoms with E-state index in [1.807, 2.05) is 0 Å². The first kappa shape index (κ1) is 20.0. The molecule has 1 aromatic carbocycles. The zero-order valence-electron chi connectivity index (χ0n) is 16.5. The number of hydrogen-bond donors (Lipinski definition) is 0. The molecule has 4 rings (SSSR count). The van der Waals surface area contributed by atoms with Gasteiger partial charge in [0, 0.05) is 44.8 Å². The van der Waals surface area contributed by atoms with Crippen molar-refractivity contribution in [3.8, 4) is 11.5 Å². The van der Waals surface area contributed by atoms with E-state index in [2.05, 4.69) is 22.0 Å². The number of hydrogen-bond acceptors (Lipinski definition) is 7. The molecule has 156 valence electrons. The highest BCUT2D eigenvalue weighted by molar-refractivity contribution is 7.89. The highest BCUT2D eigenvalue weighted by Crippen LogP contribution is 2.24. The Bertz CT molecular complexity index is 959. The number of sulfonamides is 1. The van der Waals surface area contributed by atoms with E-state index in [0.717, 1.165) is 32.5 Å². The van der Waals surface area contributed by atoms with Crippen LogP contribution in [0, 0.1) is 0 Å². The third-order valence-electron chi connectivity index (χ3n) is 5.52. The van der Waals surface area contributed by atoms with Crippen molar-refractivity contribution in [3.05, 3.63) is 30.2 Å². The molecule has 1 amide bonds. The molecule has 2 saturated heterocycles. The van der Waals surface area contributed by atoms with Crippen molar-refractivity contribution in [2.45, 2.75) is 24.7 Å². The number of nitrogens with zero attached hydrogens (tertiary/aromatic N) is 5. The average Bonchev–Trinajstić information content (AvgIpc) is 3.46. The van der Waals surface area contributed by atoms with E-state index in [4.69, 9.17) is 4.42 Å². The second kappa shape index (κ2) is 8.21. The van der Waals surface area contributed by atoms with Crippen LogP contribution in [0.1, 0.15) is 30.5 Å². The van der Waals surface area contributed by atoms with E-state index < -0.39 is 10.0 Å². The molecule has 0 atom stereocenters. The summed E-state index contributed by atoms with van der Waals surface area (Å²) in [7, 11) is -3.47. The lowest BCUT2D eigenvalue weighted by Gasteiger charge is -2.33. The summed E-state index contributed by atoms with van der Waals surface area (Å²) >= 11 is 0. The summed E-state index contributed by atoms with van der Waals surface area (Å²) in [5, 5.41) is 7.86. The molecule has 0 radical (unpaired) electrons. The fourth-order valence-corrected chi connectivity index (χ4v) is 5.19. The van der Waals surface area contributed by atoms with Gasteiger partial charge >= 0.3 is 11.8 Å². The number of benzene rings is 1. The van der Waals surface area contributed by atoms with Gasteiger partial charge < -0.3 is 14.2 Å². The standard InChI is InChI=1S/C19H25N5O4S/c1-2-22-11-13-23(14-12-22)19(25)18-21-20-17(28-18)15-5-7-16(8-6-15)29(26,27)24-9-3-4-10-24/h5-8H,2-4,9-14H2,1H3. The van der Waals surface area contributed by atoms with Crippen LogP contribution in [0.4, 0.5) is 0 Å². The lowest BCUT2D eigenvalue weighted by Crippen LogP contribution is -2.48. The summed E-state index contributed by atoms with van der Waals surface area (Å²) in [4.78, 5) is 16.8. The normalized spacial score (nSPS) is 19.0. The van der Waals surface area contributed by atoms with Gasteiger partial charge in [-0.3, -0.25) is 4.79 Å². The van der Waals surface area contributed by atoms with Gasteiger partial charge in [0.15, 0.2) is 0 Å². The first-order valence-corrected chi connectivity index (χ1v) is 11.4. The van der Waals surface area contributed by atoms with E-state index in [1.165, 1.54) is 4.31 Å². The van der Waals surface area contributed by atoms with Gasteiger partial charge in [-0.05, 0) is 43.7 Å². The average molecular weight is 420 g/mol. The smallest absolute Gasteiger partial charge is 0.311 e. The zero-order chi connectivity index (χ0) is 20.4. The van der Waals surface area contributed by atoms with Crippen LogP contribution >= 0.6 is 0 Å². The highest BCUT2D eigenvalue weighted by Gasteiger charge is 2.28. The number of amides is 1. The van der Waals surface area contributed by atoms with Gasteiger partial charge in [0.05, 0.1) is 4.90 Å². The maximum absolute atomic E-state index is 12.6. The molecule has 2 aromatic rings. The third kappa shape index (κ3) is 4.05. The molecule has 10 heteroatoms. The monoisotopic (exact) mass is 419 g/mol. The Morgan fingerprint density at radius 1 is 1.00 bits per heavy atom. The first-order chi connectivity index (χ1) is 14.0. The minimum Gasteiger partial charge on any atom is -0.412 e. The minimum absolute atomic E-state index is 0.0429. The third-order valence-corrected chi connectivity index (χ3v) is 7.43. The predicted molar refractivity (Wildman–Crippen MR) is 106 cm³/mol. The molecular weight excluding hydrogens is 394 g/mol. The lowest BCUT2D eigenvalue weighted by molar-refractivity contribution is 0.0605. The van der Waals surface area contributed by atoms with Crippen LogP contribution in [-0.2, 0) is 10.0 Å². The molecule has 0 spiro atoms. The van der Waals surface area contributed by atoms with Crippen LogP contribution in [0.25, 0.3) is 11.5 Å². The van der Waals surface area contributed by atoms with Crippen molar-refractivity contribution in [2.75, 3.05) is 45.8 Å². The van der Waals surface area contributed by atoms with Crippen molar-refractivity contribution >= 4 is 15.9 Å². The second-order valence-electron chi connectivity index (χ2n) is 7.27. The number of carbonyl (C=O) groups is 1. The summed E-state index contributed by atoms with van der Waals surface area (Å²) in [5.41, 5.74) is 0.577. The number of aromatic nitrogens is 2. The van der Waals surface area contributed by atoms with Gasteiger partial charge in [-0.25, -0.2) is 8.42 Å². The quantitative estimate of drug-likeness (QED) is 0.720. The molecule has 0 aliphatic carbocycles. The van der Waals surface area contributed by atoms with Crippen LogP contribution in [0.2, 0.25) is 0 Å². The highest BCUT2D eigenvalue weighted by atomic mass is 32.2. The molecule has 0 unspecified atom stereocenters. The summed E-state index contributed by atoms with van der Waals surface area (Å²) in [6.45, 7) is 7.12. The molecule has 0 N–H and O–H groups in total. The summed E-state index contributed by atoms with van der Waals surface area (Å²) in [6, 6.07) is 6.34. The SMILES string of the molecule is CCN1CCN(C(=O)c2nnc(-c3ccc(S(=O)(=O)N4CCCC4)cc3)o2)CC1. The number of carbonyl (C=O) groups excluding carboxylic acids is 1. The molecule has 9 nitrogen and oxygen atoms in total. The molecule has 1 aromatic heterocycles. The minimum atomic E-state index is -3.47. The Labute approximate surface area is 170 Å². The Balaban J connectivity index is 1.46. The molecule has 29 heavy (non-hydrogen) atoms. The topological polar surface area (TPSA) is 99.8 Å². The van der Waals surface area contributed by atoms with Gasteiger partial charge in [-0.15, -0.1) is 10.2 Å². The van der Waals surface area contributed by atoms with Crippen LogP contribution < -0.4 is 0 Å². The fourth-order valence-electron chi connectivity index (χ4n) is 3.68. The van der Waals surface area contributed by atoms with Crippen molar-refractivity contribution < 1.29 is 17.6 Å². The lowest BCUT2D eigenvalue weighted by atomic mass is 10.2. The Kier molecular flexibility index (Phi) is 5.66. The zero-order valence-corrected chi connectivity index (χ0v) is 17.3. The summed E-state index contributed by atoms with van der Waals surface area (Å²) in [6.07, 6.45) is 1.78. The van der Waals surface area contributed by atoms with E-state index in [9.17, 15) is 13.2 Å². The fraction of sp³-hybridized carbons (Fsp3) is 0.526. The molecule has 3 heterocycles. The van der Waals surface area contributed by atoms with Crippen LogP contribution in [0.15, 0.2) is 33.6 Å². The molecule has 2 aliphatic rings. The van der Waals surface area contributed by atoms with Crippen molar-refractivity contribution in [2.24, 2.45) is 0 Å². The van der Waals surface area contributed by atoms with Gasteiger partial charge in [0.1, 0.15) is 0 Å². The van der Waals surface area contributed by atoms with Gasteiger partial charge in [-0.2, -0.15) is 4.31 Å². The van der Waals surface area contributed by atoms with E-state index in [-0.39, 0.29) is 22.6 Å². The van der Waals surface area contributed by atoms with E-state index in [1.54, 1.807) is 29.2 Å². The van der Waals surface area contributed by atoms with Gasteiger partial charge in [0.25, 0.3) is 0 Å². The molecule has 0 saturated carbocycles. The Morgan fingerprint density at radius 2 is 1.66 bits per heavy atom. The molecule has 2 aliphatic heterocycles. The predicted octanol–water partition coefficient (Wildman–Crippen LogP) is 1.30. The van der Waals surface area contributed by atoms with Crippen LogP contribution in [0.5, 0.6) is 0 Å². The maximum Gasteiger partial charge on any atom is 0.311 e. The van der Waals surface area contributed by atoms with Crippen LogP contribution in [0.3, 0.4) is 0 Å². The Hall–Kier alpha value is -2.30. The van der Waals surface area contributed by atoms with E-state index >= 15 is 0 Å². The van der Waals surface area contributed by atoms with Crippen LogP contribution in [-0.4, -0.2) is 84.4 Å². The van der Waals surface area contributed by atoms with Gasteiger partial charge in [-0.1, -0.05) is 6.92 Å². The first-order valence-electron chi connectivity index (χ1n) is 9.95. The second-order valence-corrected chi connectivity index (χ2v) is 9.21. The number of likely N-dealkylation sites (N-methyl/N-ethyl adjacent to an activating group) is 1. The van der Waals surface area contributed by atoms with Crippen molar-refractivity contribution in [3.63, 3.8) is 0 Å². The summed E-state index contributed by atoms with van der Waals surface area (Å²) in [5.74, 6) is -0.114.